The van der Waals surface area contributed by atoms with Gasteiger partial charge in [-0.3, -0.25) is 4.79 Å². The van der Waals surface area contributed by atoms with E-state index in [1.165, 1.54) is 33.5 Å². The summed E-state index contributed by atoms with van der Waals surface area (Å²) >= 11 is 0. The van der Waals surface area contributed by atoms with Crippen molar-refractivity contribution in [2.24, 2.45) is 0 Å². The molecule has 156 valence electrons. The average Bonchev–Trinajstić information content (AvgIpc) is 3.13. The van der Waals surface area contributed by atoms with Crippen LogP contribution in [0.1, 0.15) is 24.7 Å². The molecule has 9 nitrogen and oxygen atoms in total. The predicted molar refractivity (Wildman–Crippen MR) is 105 cm³/mol. The molecule has 1 N–H and O–H groups in total. The molecule has 2 aromatic rings. The maximum atomic E-state index is 12.3. The Labute approximate surface area is 168 Å². The highest BCUT2D eigenvalue weighted by Crippen LogP contribution is 2.35. The molecule has 0 radical (unpaired) electrons. The first kappa shape index (κ1) is 21.8. The normalized spacial score (nSPS) is 11.8. The average molecular weight is 404 g/mol. The quantitative estimate of drug-likeness (QED) is 0.502. The van der Waals surface area contributed by atoms with Gasteiger partial charge in [0.25, 0.3) is 5.91 Å². The molecule has 9 heteroatoms. The van der Waals surface area contributed by atoms with Gasteiger partial charge >= 0.3 is 5.97 Å². The minimum absolute atomic E-state index is 0.257. The SMILES string of the molecule is CCC(OC(=O)/C=C/c1cc(OC)c(OC)cc1OC)C(=O)Nc1cc(C)on1. The molecule has 1 aromatic carbocycles. The number of nitrogens with one attached hydrogen (secondary N) is 1. The lowest BCUT2D eigenvalue weighted by Gasteiger charge is -2.14. The van der Waals surface area contributed by atoms with Crippen LogP contribution in [0.4, 0.5) is 5.82 Å². The Hall–Kier alpha value is -3.49. The molecule has 0 spiro atoms. The Morgan fingerprint density at radius 2 is 1.76 bits per heavy atom. The van der Waals surface area contributed by atoms with Crippen LogP contribution in [0.25, 0.3) is 6.08 Å². The van der Waals surface area contributed by atoms with Gasteiger partial charge < -0.3 is 28.8 Å². The number of benzene rings is 1. The number of aryl methyl sites for hydroxylation is 1. The monoisotopic (exact) mass is 404 g/mol. The van der Waals surface area contributed by atoms with E-state index in [0.29, 0.717) is 35.0 Å². The molecule has 0 fully saturated rings. The van der Waals surface area contributed by atoms with E-state index in [9.17, 15) is 9.59 Å². The highest BCUT2D eigenvalue weighted by Gasteiger charge is 2.21. The van der Waals surface area contributed by atoms with Gasteiger partial charge in [0.1, 0.15) is 11.5 Å². The van der Waals surface area contributed by atoms with Gasteiger partial charge in [-0.05, 0) is 25.5 Å². The zero-order chi connectivity index (χ0) is 21.4. The fourth-order valence-corrected chi connectivity index (χ4v) is 2.47. The van der Waals surface area contributed by atoms with Gasteiger partial charge in [0.05, 0.1) is 21.3 Å². The van der Waals surface area contributed by atoms with Crippen molar-refractivity contribution in [1.82, 2.24) is 5.16 Å². The van der Waals surface area contributed by atoms with E-state index in [2.05, 4.69) is 10.5 Å². The highest BCUT2D eigenvalue weighted by molar-refractivity contribution is 5.96. The minimum Gasteiger partial charge on any atom is -0.496 e. The summed E-state index contributed by atoms with van der Waals surface area (Å²) in [6.45, 7) is 3.43. The number of amides is 1. The second-order valence-electron chi connectivity index (χ2n) is 5.93. The third-order valence-electron chi connectivity index (χ3n) is 3.94. The van der Waals surface area contributed by atoms with Crippen LogP contribution in [0.2, 0.25) is 0 Å². The third-order valence-corrected chi connectivity index (χ3v) is 3.94. The summed E-state index contributed by atoms with van der Waals surface area (Å²) in [5, 5.41) is 6.22. The number of methoxy groups -OCH3 is 3. The first-order valence-corrected chi connectivity index (χ1v) is 8.84. The minimum atomic E-state index is -0.976. The van der Waals surface area contributed by atoms with Gasteiger partial charge in [0.15, 0.2) is 23.4 Å². The van der Waals surface area contributed by atoms with Crippen molar-refractivity contribution in [3.05, 3.63) is 35.6 Å². The summed E-state index contributed by atoms with van der Waals surface area (Å²) in [6, 6.07) is 4.88. The first-order chi connectivity index (χ1) is 13.9. The van der Waals surface area contributed by atoms with E-state index in [4.69, 9.17) is 23.5 Å². The second-order valence-corrected chi connectivity index (χ2v) is 5.93. The van der Waals surface area contributed by atoms with Crippen LogP contribution in [-0.2, 0) is 14.3 Å². The fraction of sp³-hybridized carbons (Fsp3) is 0.350. The van der Waals surface area contributed by atoms with Crippen LogP contribution in [0, 0.1) is 6.92 Å². The van der Waals surface area contributed by atoms with Crippen LogP contribution in [-0.4, -0.2) is 44.5 Å². The van der Waals surface area contributed by atoms with Crippen molar-refractivity contribution in [1.29, 1.82) is 0 Å². The molecule has 1 unspecified atom stereocenters. The number of esters is 1. The lowest BCUT2D eigenvalue weighted by Crippen LogP contribution is -2.31. The smallest absolute Gasteiger partial charge is 0.331 e. The zero-order valence-electron chi connectivity index (χ0n) is 17.0. The number of carbonyl (C=O) groups excluding carboxylic acids is 2. The van der Waals surface area contributed by atoms with Crippen LogP contribution in [0.15, 0.2) is 28.8 Å². The van der Waals surface area contributed by atoms with E-state index in [-0.39, 0.29) is 5.82 Å². The van der Waals surface area contributed by atoms with Crippen molar-refractivity contribution >= 4 is 23.8 Å². The number of rotatable bonds is 9. The predicted octanol–water partition coefficient (Wildman–Crippen LogP) is 2.98. The summed E-state index contributed by atoms with van der Waals surface area (Å²) in [6.07, 6.45) is 2.04. The summed E-state index contributed by atoms with van der Waals surface area (Å²) in [5.41, 5.74) is 0.581. The molecule has 0 aliphatic carbocycles. The Balaban J connectivity index is 2.08. The Bertz CT molecular complexity index is 889. The van der Waals surface area contributed by atoms with Crippen LogP contribution >= 0.6 is 0 Å². The van der Waals surface area contributed by atoms with Gasteiger partial charge in [-0.15, -0.1) is 0 Å². The van der Waals surface area contributed by atoms with E-state index in [1.807, 2.05) is 0 Å². The largest absolute Gasteiger partial charge is 0.496 e. The number of anilines is 1. The van der Waals surface area contributed by atoms with Crippen molar-refractivity contribution in [2.75, 3.05) is 26.6 Å². The molecule has 1 amide bonds. The van der Waals surface area contributed by atoms with Gasteiger partial charge in [0.2, 0.25) is 0 Å². The molecule has 0 saturated heterocycles. The Morgan fingerprint density at radius 1 is 1.10 bits per heavy atom. The molecule has 1 heterocycles. The molecule has 0 saturated carbocycles. The number of aromatic nitrogens is 1. The van der Waals surface area contributed by atoms with Crippen molar-refractivity contribution in [3.8, 4) is 17.2 Å². The number of hydrogen-bond donors (Lipinski definition) is 1. The summed E-state index contributed by atoms with van der Waals surface area (Å²) in [5.74, 6) is 1.10. The van der Waals surface area contributed by atoms with Gasteiger partial charge in [0, 0.05) is 23.8 Å². The zero-order valence-corrected chi connectivity index (χ0v) is 17.0. The van der Waals surface area contributed by atoms with Crippen LogP contribution in [0.5, 0.6) is 17.2 Å². The number of hydrogen-bond acceptors (Lipinski definition) is 8. The van der Waals surface area contributed by atoms with Crippen molar-refractivity contribution in [3.63, 3.8) is 0 Å². The van der Waals surface area contributed by atoms with Gasteiger partial charge in [-0.2, -0.15) is 0 Å². The maximum absolute atomic E-state index is 12.3. The molecule has 1 aromatic heterocycles. The number of nitrogens with zero attached hydrogens (tertiary/aromatic N) is 1. The molecule has 0 aliphatic heterocycles. The molecular weight excluding hydrogens is 380 g/mol. The standard InChI is InChI=1S/C20H24N2O7/c1-6-14(20(24)21-18-9-12(2)29-22-18)28-19(23)8-7-13-10-16(26-4)17(27-5)11-15(13)25-3/h7-11,14H,6H2,1-5H3,(H,21,22,24)/b8-7+. The summed E-state index contributed by atoms with van der Waals surface area (Å²) in [4.78, 5) is 24.5. The van der Waals surface area contributed by atoms with Crippen molar-refractivity contribution in [2.45, 2.75) is 26.4 Å². The van der Waals surface area contributed by atoms with E-state index >= 15 is 0 Å². The number of ether oxygens (including phenoxy) is 4. The van der Waals surface area contributed by atoms with Crippen LogP contribution < -0.4 is 19.5 Å². The van der Waals surface area contributed by atoms with Gasteiger partial charge in [-0.1, -0.05) is 12.1 Å². The van der Waals surface area contributed by atoms with E-state index < -0.39 is 18.0 Å². The molecular formula is C20H24N2O7. The Kier molecular flexibility index (Phi) is 7.64. The fourth-order valence-electron chi connectivity index (χ4n) is 2.47. The Morgan fingerprint density at radius 3 is 2.31 bits per heavy atom. The highest BCUT2D eigenvalue weighted by atomic mass is 16.5. The molecule has 1 atom stereocenters. The van der Waals surface area contributed by atoms with Gasteiger partial charge in [-0.25, -0.2) is 4.79 Å². The maximum Gasteiger partial charge on any atom is 0.331 e. The van der Waals surface area contributed by atoms with Crippen molar-refractivity contribution < 1.29 is 33.1 Å². The van der Waals surface area contributed by atoms with Crippen LogP contribution in [0.3, 0.4) is 0 Å². The lowest BCUT2D eigenvalue weighted by molar-refractivity contribution is -0.149. The van der Waals surface area contributed by atoms with E-state index in [1.54, 1.807) is 32.0 Å². The summed E-state index contributed by atoms with van der Waals surface area (Å²) in [7, 11) is 4.52. The molecule has 0 aliphatic rings. The molecule has 29 heavy (non-hydrogen) atoms. The van der Waals surface area contributed by atoms with E-state index in [0.717, 1.165) is 0 Å². The summed E-state index contributed by atoms with van der Waals surface area (Å²) < 4.78 is 25.9. The molecule has 2 rings (SSSR count). The second kappa shape index (κ2) is 10.2. The first-order valence-electron chi connectivity index (χ1n) is 8.84. The lowest BCUT2D eigenvalue weighted by atomic mass is 10.1. The number of carbonyl (C=O) groups is 2. The molecule has 0 bridgehead atoms. The third kappa shape index (κ3) is 5.74. The topological polar surface area (TPSA) is 109 Å².